The summed E-state index contributed by atoms with van der Waals surface area (Å²) in [5.41, 5.74) is 3.20. The molecular formula is C23H31FN4O2. The minimum absolute atomic E-state index is 0.0226. The molecule has 0 aromatic heterocycles. The number of amides is 3. The van der Waals surface area contributed by atoms with Crippen molar-refractivity contribution < 1.29 is 14.0 Å². The summed E-state index contributed by atoms with van der Waals surface area (Å²) in [7, 11) is 3.85. The normalized spacial score (nSPS) is 10.6. The first-order valence-corrected chi connectivity index (χ1v) is 10.1. The van der Waals surface area contributed by atoms with Crippen LogP contribution in [0.1, 0.15) is 38.3 Å². The van der Waals surface area contributed by atoms with E-state index in [2.05, 4.69) is 10.6 Å². The zero-order valence-corrected chi connectivity index (χ0v) is 18.3. The van der Waals surface area contributed by atoms with Crippen LogP contribution in [0, 0.1) is 5.82 Å². The van der Waals surface area contributed by atoms with E-state index in [9.17, 15) is 14.0 Å². The molecule has 2 aromatic carbocycles. The van der Waals surface area contributed by atoms with E-state index in [4.69, 9.17) is 0 Å². The predicted octanol–water partition coefficient (Wildman–Crippen LogP) is 4.36. The lowest BCUT2D eigenvalue weighted by molar-refractivity contribution is -0.132. The molecule has 0 radical (unpaired) electrons. The van der Waals surface area contributed by atoms with Gasteiger partial charge in [0.25, 0.3) is 0 Å². The van der Waals surface area contributed by atoms with Crippen molar-refractivity contribution in [3.05, 3.63) is 59.4 Å². The Morgan fingerprint density at radius 1 is 1.07 bits per heavy atom. The van der Waals surface area contributed by atoms with Crippen molar-refractivity contribution in [2.24, 2.45) is 0 Å². The average molecular weight is 415 g/mol. The summed E-state index contributed by atoms with van der Waals surface area (Å²) < 4.78 is 13.6. The van der Waals surface area contributed by atoms with E-state index < -0.39 is 0 Å². The Balaban J connectivity index is 2.30. The predicted molar refractivity (Wildman–Crippen MR) is 119 cm³/mol. The third-order valence-electron chi connectivity index (χ3n) is 4.52. The molecular weight excluding hydrogens is 383 g/mol. The van der Waals surface area contributed by atoms with Crippen LogP contribution in [0.15, 0.2) is 42.5 Å². The Bertz CT molecular complexity index is 883. The smallest absolute Gasteiger partial charge is 0.319 e. The van der Waals surface area contributed by atoms with Gasteiger partial charge in [-0.2, -0.15) is 0 Å². The summed E-state index contributed by atoms with van der Waals surface area (Å²) in [5.74, 6) is -0.354. The first-order valence-electron chi connectivity index (χ1n) is 10.1. The van der Waals surface area contributed by atoms with Crippen LogP contribution in [0.25, 0.3) is 0 Å². The van der Waals surface area contributed by atoms with E-state index >= 15 is 0 Å². The van der Waals surface area contributed by atoms with Crippen molar-refractivity contribution in [3.63, 3.8) is 0 Å². The Hall–Kier alpha value is -3.09. The fraction of sp³-hybridized carbons (Fsp3) is 0.391. The minimum atomic E-state index is -0.326. The van der Waals surface area contributed by atoms with Gasteiger partial charge in [0, 0.05) is 51.0 Å². The zero-order chi connectivity index (χ0) is 22.3. The Labute approximate surface area is 178 Å². The molecule has 2 rings (SSSR count). The maximum Gasteiger partial charge on any atom is 0.319 e. The highest BCUT2D eigenvalue weighted by molar-refractivity contribution is 5.90. The molecule has 0 saturated heterocycles. The quantitative estimate of drug-likeness (QED) is 0.675. The van der Waals surface area contributed by atoms with Crippen molar-refractivity contribution in [2.45, 2.75) is 46.3 Å². The monoisotopic (exact) mass is 414 g/mol. The molecule has 0 atom stereocenters. The number of hydrogen-bond acceptors (Lipinski definition) is 3. The molecule has 0 aliphatic heterocycles. The van der Waals surface area contributed by atoms with Crippen molar-refractivity contribution in [2.75, 3.05) is 24.3 Å². The number of anilines is 2. The topological polar surface area (TPSA) is 64.7 Å². The van der Waals surface area contributed by atoms with Gasteiger partial charge in [0.2, 0.25) is 5.91 Å². The highest BCUT2D eigenvalue weighted by Crippen LogP contribution is 2.25. The van der Waals surface area contributed by atoms with Crippen LogP contribution in [0.2, 0.25) is 0 Å². The van der Waals surface area contributed by atoms with Crippen molar-refractivity contribution in [1.29, 1.82) is 0 Å². The highest BCUT2D eigenvalue weighted by atomic mass is 19.1. The molecule has 162 valence electrons. The largest absolute Gasteiger partial charge is 0.377 e. The number of halogens is 1. The van der Waals surface area contributed by atoms with Crippen LogP contribution in [0.5, 0.6) is 0 Å². The van der Waals surface area contributed by atoms with E-state index in [0.717, 1.165) is 16.8 Å². The number of urea groups is 1. The van der Waals surface area contributed by atoms with Crippen LogP contribution in [-0.4, -0.2) is 37.0 Å². The van der Waals surface area contributed by atoms with Crippen LogP contribution >= 0.6 is 0 Å². The molecule has 0 spiro atoms. The number of benzene rings is 2. The van der Waals surface area contributed by atoms with Gasteiger partial charge in [-0.1, -0.05) is 19.1 Å². The number of nitrogens with one attached hydrogen (secondary N) is 2. The maximum atomic E-state index is 13.6. The summed E-state index contributed by atoms with van der Waals surface area (Å²) in [6.07, 6.45) is 0.349. The summed E-state index contributed by atoms with van der Waals surface area (Å²) in [5, 5.41) is 5.63. The summed E-state index contributed by atoms with van der Waals surface area (Å²) in [6, 6.07) is 11.6. The molecule has 0 bridgehead atoms. The third-order valence-corrected chi connectivity index (χ3v) is 4.52. The molecule has 6 nitrogen and oxygen atoms in total. The maximum absolute atomic E-state index is 13.6. The number of rotatable bonds is 8. The lowest BCUT2D eigenvalue weighted by atomic mass is 10.1. The van der Waals surface area contributed by atoms with Crippen molar-refractivity contribution >= 4 is 23.3 Å². The van der Waals surface area contributed by atoms with Gasteiger partial charge in [0.1, 0.15) is 5.82 Å². The number of hydrogen-bond donors (Lipinski definition) is 2. The Kier molecular flexibility index (Phi) is 8.21. The Morgan fingerprint density at radius 2 is 1.80 bits per heavy atom. The van der Waals surface area contributed by atoms with E-state index in [1.165, 1.54) is 12.1 Å². The van der Waals surface area contributed by atoms with Gasteiger partial charge >= 0.3 is 6.03 Å². The first-order chi connectivity index (χ1) is 14.2. The van der Waals surface area contributed by atoms with E-state index in [-0.39, 0.29) is 23.8 Å². The fourth-order valence-corrected chi connectivity index (χ4v) is 3.17. The number of carbonyl (C=O) groups excluding carboxylic acids is 2. The van der Waals surface area contributed by atoms with Gasteiger partial charge < -0.3 is 20.4 Å². The second-order valence-corrected chi connectivity index (χ2v) is 7.72. The standard InChI is InChI=1S/C23H31FN4O2/c1-6-22(29)28(14-17-8-7-9-19(24)12-17)15-18-13-20(10-11-21(18)27(4)5)26-23(30)25-16(2)3/h7-13,16H,6,14-15H2,1-5H3,(H2,25,26,30). The third kappa shape index (κ3) is 6.76. The second kappa shape index (κ2) is 10.6. The molecule has 7 heteroatoms. The SMILES string of the molecule is CCC(=O)N(Cc1cccc(F)c1)Cc1cc(NC(=O)NC(C)C)ccc1N(C)C. The molecule has 30 heavy (non-hydrogen) atoms. The molecule has 0 heterocycles. The molecule has 0 aliphatic rings. The Morgan fingerprint density at radius 3 is 2.40 bits per heavy atom. The lowest BCUT2D eigenvalue weighted by Gasteiger charge is -2.26. The van der Waals surface area contributed by atoms with Crippen LogP contribution in [-0.2, 0) is 17.9 Å². The molecule has 0 aliphatic carbocycles. The average Bonchev–Trinajstić information content (AvgIpc) is 2.66. The van der Waals surface area contributed by atoms with Gasteiger partial charge in [-0.3, -0.25) is 4.79 Å². The highest BCUT2D eigenvalue weighted by Gasteiger charge is 2.17. The molecule has 0 saturated carbocycles. The molecule has 3 amide bonds. The van der Waals surface area contributed by atoms with Crippen LogP contribution in [0.4, 0.5) is 20.6 Å². The van der Waals surface area contributed by atoms with Gasteiger partial charge in [0.05, 0.1) is 0 Å². The van der Waals surface area contributed by atoms with Gasteiger partial charge in [-0.15, -0.1) is 0 Å². The molecule has 0 fully saturated rings. The fourth-order valence-electron chi connectivity index (χ4n) is 3.17. The van der Waals surface area contributed by atoms with E-state index in [0.29, 0.717) is 25.2 Å². The van der Waals surface area contributed by atoms with Gasteiger partial charge in [-0.25, -0.2) is 9.18 Å². The van der Waals surface area contributed by atoms with Crippen molar-refractivity contribution in [3.8, 4) is 0 Å². The lowest BCUT2D eigenvalue weighted by Crippen LogP contribution is -2.34. The molecule has 0 unspecified atom stereocenters. The van der Waals surface area contributed by atoms with E-state index in [1.54, 1.807) is 17.0 Å². The molecule has 2 aromatic rings. The molecule has 2 N–H and O–H groups in total. The summed E-state index contributed by atoms with van der Waals surface area (Å²) in [4.78, 5) is 28.3. The van der Waals surface area contributed by atoms with Crippen LogP contribution in [0.3, 0.4) is 0 Å². The zero-order valence-electron chi connectivity index (χ0n) is 18.3. The second-order valence-electron chi connectivity index (χ2n) is 7.72. The van der Waals surface area contributed by atoms with Crippen molar-refractivity contribution in [1.82, 2.24) is 10.2 Å². The summed E-state index contributed by atoms with van der Waals surface area (Å²) in [6.45, 7) is 6.24. The number of carbonyl (C=O) groups is 2. The first kappa shape index (κ1) is 23.2. The van der Waals surface area contributed by atoms with Crippen LogP contribution < -0.4 is 15.5 Å². The summed E-state index contributed by atoms with van der Waals surface area (Å²) >= 11 is 0. The van der Waals surface area contributed by atoms with E-state index in [1.807, 2.05) is 58.0 Å². The number of nitrogens with zero attached hydrogens (tertiary/aromatic N) is 2. The van der Waals surface area contributed by atoms with Gasteiger partial charge in [0.15, 0.2) is 0 Å². The van der Waals surface area contributed by atoms with Gasteiger partial charge in [-0.05, 0) is 55.3 Å². The minimum Gasteiger partial charge on any atom is -0.377 e.